The molecule has 1 aliphatic rings. The number of carboxylic acids is 1. The molecule has 0 spiro atoms. The zero-order valence-corrected chi connectivity index (χ0v) is 7.81. The minimum Gasteiger partial charge on any atom is -0.481 e. The molecule has 2 rings (SSSR count). The molecule has 2 atom stereocenters. The lowest BCUT2D eigenvalue weighted by Crippen LogP contribution is -2.07. The van der Waals surface area contributed by atoms with Gasteiger partial charge in [0.25, 0.3) is 0 Å². The van der Waals surface area contributed by atoms with Crippen LogP contribution in [-0.4, -0.2) is 11.1 Å². The molecular formula is C11H13NO2. The van der Waals surface area contributed by atoms with Gasteiger partial charge in [0, 0.05) is 6.04 Å². The average molecular weight is 191 g/mol. The monoisotopic (exact) mass is 191 g/mol. The van der Waals surface area contributed by atoms with Gasteiger partial charge in [0.1, 0.15) is 0 Å². The summed E-state index contributed by atoms with van der Waals surface area (Å²) in [6.07, 6.45) is 0.941. The Morgan fingerprint density at radius 3 is 2.71 bits per heavy atom. The molecule has 1 aromatic rings. The third-order valence-corrected chi connectivity index (χ3v) is 2.79. The van der Waals surface area contributed by atoms with Crippen molar-refractivity contribution >= 4 is 5.97 Å². The average Bonchev–Trinajstić information content (AvgIpc) is 2.44. The van der Waals surface area contributed by atoms with Gasteiger partial charge in [-0.15, -0.1) is 0 Å². The molecule has 74 valence electrons. The van der Waals surface area contributed by atoms with Crippen LogP contribution in [0.2, 0.25) is 0 Å². The van der Waals surface area contributed by atoms with Crippen molar-refractivity contribution in [2.45, 2.75) is 24.8 Å². The first-order valence-electron chi connectivity index (χ1n) is 4.74. The van der Waals surface area contributed by atoms with Crippen molar-refractivity contribution in [2.24, 2.45) is 5.73 Å². The van der Waals surface area contributed by atoms with E-state index in [-0.39, 0.29) is 18.4 Å². The quantitative estimate of drug-likeness (QED) is 0.747. The van der Waals surface area contributed by atoms with E-state index in [0.717, 1.165) is 17.5 Å². The summed E-state index contributed by atoms with van der Waals surface area (Å²) in [5.41, 5.74) is 8.14. The van der Waals surface area contributed by atoms with E-state index in [1.165, 1.54) is 0 Å². The molecule has 0 heterocycles. The second kappa shape index (κ2) is 3.42. The highest BCUT2D eigenvalue weighted by Crippen LogP contribution is 2.40. The third-order valence-electron chi connectivity index (χ3n) is 2.79. The molecule has 3 N–H and O–H groups in total. The largest absolute Gasteiger partial charge is 0.481 e. The number of hydrogen-bond donors (Lipinski definition) is 2. The molecule has 14 heavy (non-hydrogen) atoms. The molecular weight excluding hydrogens is 178 g/mol. The predicted molar refractivity (Wildman–Crippen MR) is 53.0 cm³/mol. The van der Waals surface area contributed by atoms with E-state index >= 15 is 0 Å². The predicted octanol–water partition coefficient (Wildman–Crippen LogP) is 1.65. The summed E-state index contributed by atoms with van der Waals surface area (Å²) in [4.78, 5) is 10.6. The van der Waals surface area contributed by atoms with Crippen LogP contribution in [0.1, 0.15) is 35.9 Å². The second-order valence-corrected chi connectivity index (χ2v) is 3.77. The van der Waals surface area contributed by atoms with Crippen LogP contribution in [0.3, 0.4) is 0 Å². The van der Waals surface area contributed by atoms with Crippen LogP contribution in [0.5, 0.6) is 0 Å². The summed E-state index contributed by atoms with van der Waals surface area (Å²) < 4.78 is 0. The maximum atomic E-state index is 10.6. The molecule has 0 bridgehead atoms. The highest BCUT2D eigenvalue weighted by atomic mass is 16.4. The number of carbonyl (C=O) groups is 1. The molecule has 0 radical (unpaired) electrons. The fraction of sp³-hybridized carbons (Fsp3) is 0.364. The molecule has 1 aliphatic carbocycles. The van der Waals surface area contributed by atoms with E-state index in [9.17, 15) is 4.79 Å². The van der Waals surface area contributed by atoms with Crippen LogP contribution in [0.25, 0.3) is 0 Å². The first-order valence-corrected chi connectivity index (χ1v) is 4.74. The fourth-order valence-corrected chi connectivity index (χ4v) is 2.18. The van der Waals surface area contributed by atoms with E-state index in [1.807, 2.05) is 24.3 Å². The van der Waals surface area contributed by atoms with Crippen LogP contribution >= 0.6 is 0 Å². The molecule has 0 saturated carbocycles. The molecule has 0 fully saturated rings. The van der Waals surface area contributed by atoms with Crippen LogP contribution in [0, 0.1) is 0 Å². The summed E-state index contributed by atoms with van der Waals surface area (Å²) in [5, 5.41) is 8.74. The van der Waals surface area contributed by atoms with Gasteiger partial charge >= 0.3 is 5.97 Å². The Labute approximate surface area is 82.5 Å². The summed E-state index contributed by atoms with van der Waals surface area (Å²) in [7, 11) is 0. The SMILES string of the molecule is N[C@H]1C[C@@H](CC(=O)O)c2ccccc21. The van der Waals surface area contributed by atoms with E-state index in [1.54, 1.807) is 0 Å². The smallest absolute Gasteiger partial charge is 0.303 e. The Bertz CT molecular complexity index is 362. The number of nitrogens with two attached hydrogens (primary N) is 1. The number of aliphatic carboxylic acids is 1. The molecule has 0 aromatic heterocycles. The zero-order valence-electron chi connectivity index (χ0n) is 7.81. The van der Waals surface area contributed by atoms with Gasteiger partial charge in [-0.1, -0.05) is 24.3 Å². The molecule has 0 saturated heterocycles. The van der Waals surface area contributed by atoms with Gasteiger partial charge in [0.2, 0.25) is 0 Å². The van der Waals surface area contributed by atoms with E-state index in [4.69, 9.17) is 10.8 Å². The Hall–Kier alpha value is -1.35. The number of fused-ring (bicyclic) bond motifs is 1. The van der Waals surface area contributed by atoms with E-state index in [0.29, 0.717) is 0 Å². The first-order chi connectivity index (χ1) is 6.68. The number of benzene rings is 1. The minimum absolute atomic E-state index is 0.00977. The maximum Gasteiger partial charge on any atom is 0.303 e. The topological polar surface area (TPSA) is 63.3 Å². The van der Waals surface area contributed by atoms with Gasteiger partial charge in [0.15, 0.2) is 0 Å². The van der Waals surface area contributed by atoms with Gasteiger partial charge in [-0.2, -0.15) is 0 Å². The Balaban J connectivity index is 2.29. The van der Waals surface area contributed by atoms with Crippen molar-refractivity contribution in [1.29, 1.82) is 0 Å². The van der Waals surface area contributed by atoms with Crippen LogP contribution in [0.4, 0.5) is 0 Å². The third kappa shape index (κ3) is 1.51. The van der Waals surface area contributed by atoms with Crippen molar-refractivity contribution in [3.63, 3.8) is 0 Å². The molecule has 3 nitrogen and oxygen atoms in total. The number of hydrogen-bond acceptors (Lipinski definition) is 2. The summed E-state index contributed by atoms with van der Waals surface area (Å²) in [5.74, 6) is -0.655. The van der Waals surface area contributed by atoms with E-state index in [2.05, 4.69) is 0 Å². The molecule has 0 aliphatic heterocycles. The van der Waals surface area contributed by atoms with Gasteiger partial charge in [-0.05, 0) is 23.5 Å². The van der Waals surface area contributed by atoms with Gasteiger partial charge < -0.3 is 10.8 Å². The molecule has 1 aromatic carbocycles. The van der Waals surface area contributed by atoms with Crippen molar-refractivity contribution in [1.82, 2.24) is 0 Å². The van der Waals surface area contributed by atoms with Crippen molar-refractivity contribution in [2.75, 3.05) is 0 Å². The number of carboxylic acid groups (broad SMARTS) is 1. The lowest BCUT2D eigenvalue weighted by molar-refractivity contribution is -0.137. The lowest BCUT2D eigenvalue weighted by Gasteiger charge is -2.06. The van der Waals surface area contributed by atoms with Crippen molar-refractivity contribution in [3.8, 4) is 0 Å². The normalized spacial score (nSPS) is 24.6. The molecule has 3 heteroatoms. The Kier molecular flexibility index (Phi) is 2.25. The zero-order chi connectivity index (χ0) is 10.1. The lowest BCUT2D eigenvalue weighted by atomic mass is 9.98. The van der Waals surface area contributed by atoms with Gasteiger partial charge in [-0.25, -0.2) is 0 Å². The molecule has 0 amide bonds. The highest BCUT2D eigenvalue weighted by molar-refractivity contribution is 5.68. The van der Waals surface area contributed by atoms with Crippen LogP contribution in [-0.2, 0) is 4.79 Å². The van der Waals surface area contributed by atoms with Gasteiger partial charge in [-0.3, -0.25) is 4.79 Å². The molecule has 0 unspecified atom stereocenters. The Morgan fingerprint density at radius 2 is 2.07 bits per heavy atom. The van der Waals surface area contributed by atoms with Gasteiger partial charge in [0.05, 0.1) is 6.42 Å². The Morgan fingerprint density at radius 1 is 1.43 bits per heavy atom. The highest BCUT2D eigenvalue weighted by Gasteiger charge is 2.29. The van der Waals surface area contributed by atoms with Crippen molar-refractivity contribution in [3.05, 3.63) is 35.4 Å². The van der Waals surface area contributed by atoms with E-state index < -0.39 is 5.97 Å². The summed E-state index contributed by atoms with van der Waals surface area (Å²) in [6.45, 7) is 0. The summed E-state index contributed by atoms with van der Waals surface area (Å²) in [6, 6.07) is 7.86. The number of rotatable bonds is 2. The summed E-state index contributed by atoms with van der Waals surface area (Å²) >= 11 is 0. The van der Waals surface area contributed by atoms with Crippen LogP contribution < -0.4 is 5.73 Å². The van der Waals surface area contributed by atoms with Crippen molar-refractivity contribution < 1.29 is 9.90 Å². The standard InChI is InChI=1S/C11H13NO2/c12-10-5-7(6-11(13)14)8-3-1-2-4-9(8)10/h1-4,7,10H,5-6,12H2,(H,13,14)/t7-,10-/m0/s1. The minimum atomic E-state index is -0.751. The maximum absolute atomic E-state index is 10.6. The first kappa shape index (κ1) is 9.21. The fourth-order valence-electron chi connectivity index (χ4n) is 2.18. The second-order valence-electron chi connectivity index (χ2n) is 3.77. The van der Waals surface area contributed by atoms with Crippen LogP contribution in [0.15, 0.2) is 24.3 Å².